The van der Waals surface area contributed by atoms with Crippen molar-refractivity contribution in [2.45, 2.75) is 64.1 Å². The van der Waals surface area contributed by atoms with Crippen molar-refractivity contribution in [3.05, 3.63) is 96.1 Å². The SMILES string of the molecule is CC[C@H](C(=O)N[C@@H](C)CC)N(Cc1ccc(C)cc1)C(=O)CN(c1ccccc1)S(=O)(=O)c1ccccc1. The van der Waals surface area contributed by atoms with Gasteiger partial charge in [0.05, 0.1) is 10.6 Å². The van der Waals surface area contributed by atoms with Gasteiger partial charge in [0.1, 0.15) is 12.6 Å². The van der Waals surface area contributed by atoms with Crippen LogP contribution in [-0.2, 0) is 26.2 Å². The number of carbonyl (C=O) groups is 2. The van der Waals surface area contributed by atoms with Crippen molar-refractivity contribution in [3.63, 3.8) is 0 Å². The first kappa shape index (κ1) is 28.9. The van der Waals surface area contributed by atoms with E-state index >= 15 is 0 Å². The van der Waals surface area contributed by atoms with Gasteiger partial charge >= 0.3 is 0 Å². The Labute approximate surface area is 226 Å². The number of nitrogens with zero attached hydrogens (tertiary/aromatic N) is 2. The summed E-state index contributed by atoms with van der Waals surface area (Å²) in [5.74, 6) is -0.709. The molecule has 3 aromatic rings. The molecule has 3 rings (SSSR count). The average Bonchev–Trinajstić information content (AvgIpc) is 2.93. The number of amides is 2. The highest BCUT2D eigenvalue weighted by Gasteiger charge is 2.33. The second-order valence-electron chi connectivity index (χ2n) is 9.41. The molecule has 0 spiro atoms. The lowest BCUT2D eigenvalue weighted by molar-refractivity contribution is -0.140. The summed E-state index contributed by atoms with van der Waals surface area (Å²) >= 11 is 0. The Morgan fingerprint density at radius 2 is 1.42 bits per heavy atom. The molecule has 0 aliphatic rings. The van der Waals surface area contributed by atoms with Crippen molar-refractivity contribution in [3.8, 4) is 0 Å². The van der Waals surface area contributed by atoms with Crippen LogP contribution >= 0.6 is 0 Å². The number of hydrogen-bond acceptors (Lipinski definition) is 4. The van der Waals surface area contributed by atoms with E-state index in [0.29, 0.717) is 12.1 Å². The molecule has 8 heteroatoms. The molecule has 2 amide bonds. The fourth-order valence-electron chi connectivity index (χ4n) is 4.09. The first-order valence-corrected chi connectivity index (χ1v) is 14.4. The third-order valence-corrected chi connectivity index (χ3v) is 8.30. The van der Waals surface area contributed by atoms with Crippen LogP contribution in [0.15, 0.2) is 89.8 Å². The van der Waals surface area contributed by atoms with Crippen LogP contribution in [0, 0.1) is 6.92 Å². The first-order valence-electron chi connectivity index (χ1n) is 13.0. The van der Waals surface area contributed by atoms with Gasteiger partial charge < -0.3 is 10.2 Å². The molecular weight excluding hydrogens is 498 g/mol. The van der Waals surface area contributed by atoms with Gasteiger partial charge in [0.2, 0.25) is 11.8 Å². The zero-order valence-electron chi connectivity index (χ0n) is 22.5. The lowest BCUT2D eigenvalue weighted by Crippen LogP contribution is -2.53. The van der Waals surface area contributed by atoms with E-state index in [-0.39, 0.29) is 23.4 Å². The molecule has 202 valence electrons. The lowest BCUT2D eigenvalue weighted by Gasteiger charge is -2.33. The van der Waals surface area contributed by atoms with Gasteiger partial charge in [-0.3, -0.25) is 13.9 Å². The molecule has 7 nitrogen and oxygen atoms in total. The second-order valence-corrected chi connectivity index (χ2v) is 11.3. The zero-order chi connectivity index (χ0) is 27.7. The normalized spacial score (nSPS) is 12.8. The summed E-state index contributed by atoms with van der Waals surface area (Å²) in [6, 6.07) is 23.6. The summed E-state index contributed by atoms with van der Waals surface area (Å²) in [5, 5.41) is 2.99. The molecule has 0 heterocycles. The molecule has 0 aliphatic heterocycles. The number of carbonyl (C=O) groups excluding carboxylic acids is 2. The van der Waals surface area contributed by atoms with E-state index in [1.54, 1.807) is 48.5 Å². The maximum atomic E-state index is 14.0. The van der Waals surface area contributed by atoms with Gasteiger partial charge in [-0.15, -0.1) is 0 Å². The monoisotopic (exact) mass is 535 g/mol. The van der Waals surface area contributed by atoms with Crippen molar-refractivity contribution in [1.29, 1.82) is 0 Å². The molecule has 0 aromatic heterocycles. The maximum absolute atomic E-state index is 14.0. The van der Waals surface area contributed by atoms with Gasteiger partial charge in [0, 0.05) is 12.6 Å². The standard InChI is InChI=1S/C30H37N3O4S/c1-5-24(4)31-30(35)28(6-2)32(21-25-19-17-23(3)18-20-25)29(34)22-33(26-13-9-7-10-14-26)38(36,37)27-15-11-8-12-16-27/h7-20,24,28H,5-6,21-22H2,1-4H3,(H,31,35)/t24-,28+/m0/s1. The molecule has 0 aliphatic carbocycles. The van der Waals surface area contributed by atoms with Crippen molar-refractivity contribution in [2.75, 3.05) is 10.8 Å². The number of benzene rings is 3. The number of sulfonamides is 1. The van der Waals surface area contributed by atoms with Crippen LogP contribution in [0.3, 0.4) is 0 Å². The third kappa shape index (κ3) is 7.22. The predicted octanol–water partition coefficient (Wildman–Crippen LogP) is 4.91. The van der Waals surface area contributed by atoms with Crippen LogP contribution in [0.2, 0.25) is 0 Å². The zero-order valence-corrected chi connectivity index (χ0v) is 23.3. The molecule has 0 bridgehead atoms. The minimum absolute atomic E-state index is 0.0489. The van der Waals surface area contributed by atoms with Crippen molar-refractivity contribution < 1.29 is 18.0 Å². The minimum Gasteiger partial charge on any atom is -0.352 e. The Bertz CT molecular complexity index is 1300. The summed E-state index contributed by atoms with van der Waals surface area (Å²) in [7, 11) is -4.05. The Morgan fingerprint density at radius 3 is 1.97 bits per heavy atom. The molecule has 0 fully saturated rings. The van der Waals surface area contributed by atoms with Crippen LogP contribution in [0.4, 0.5) is 5.69 Å². The number of para-hydroxylation sites is 1. The number of hydrogen-bond donors (Lipinski definition) is 1. The van der Waals surface area contributed by atoms with Crippen molar-refractivity contribution in [1.82, 2.24) is 10.2 Å². The number of anilines is 1. The molecule has 1 N–H and O–H groups in total. The fourth-order valence-corrected chi connectivity index (χ4v) is 5.53. The number of nitrogens with one attached hydrogen (secondary N) is 1. The summed E-state index contributed by atoms with van der Waals surface area (Å²) in [6.07, 6.45) is 1.14. The van der Waals surface area contributed by atoms with E-state index in [1.165, 1.54) is 17.0 Å². The summed E-state index contributed by atoms with van der Waals surface area (Å²) in [6.45, 7) is 7.46. The van der Waals surface area contributed by atoms with Crippen LogP contribution in [0.1, 0.15) is 44.7 Å². The van der Waals surface area contributed by atoms with Gasteiger partial charge in [0.15, 0.2) is 0 Å². The average molecular weight is 536 g/mol. The third-order valence-electron chi connectivity index (χ3n) is 6.51. The quantitative estimate of drug-likeness (QED) is 0.357. The van der Waals surface area contributed by atoms with E-state index < -0.39 is 28.5 Å². The van der Waals surface area contributed by atoms with Crippen LogP contribution < -0.4 is 9.62 Å². The van der Waals surface area contributed by atoms with Gasteiger partial charge in [-0.2, -0.15) is 0 Å². The fraction of sp³-hybridized carbons (Fsp3) is 0.333. The second kappa shape index (κ2) is 13.2. The Kier molecular flexibility index (Phi) is 10.1. The molecule has 0 radical (unpaired) electrons. The van der Waals surface area contributed by atoms with E-state index in [9.17, 15) is 18.0 Å². The Morgan fingerprint density at radius 1 is 0.842 bits per heavy atom. The summed E-state index contributed by atoms with van der Waals surface area (Å²) in [5.41, 5.74) is 2.31. The molecule has 38 heavy (non-hydrogen) atoms. The van der Waals surface area contributed by atoms with Gasteiger partial charge in [-0.25, -0.2) is 8.42 Å². The van der Waals surface area contributed by atoms with E-state index in [4.69, 9.17) is 0 Å². The highest BCUT2D eigenvalue weighted by atomic mass is 32.2. The first-order chi connectivity index (χ1) is 18.2. The summed E-state index contributed by atoms with van der Waals surface area (Å²) in [4.78, 5) is 28.8. The van der Waals surface area contributed by atoms with Crippen molar-refractivity contribution in [2.24, 2.45) is 0 Å². The maximum Gasteiger partial charge on any atom is 0.264 e. The van der Waals surface area contributed by atoms with Crippen molar-refractivity contribution >= 4 is 27.5 Å². The van der Waals surface area contributed by atoms with E-state index in [1.807, 2.05) is 52.0 Å². The molecule has 2 atom stereocenters. The Hall–Kier alpha value is -3.65. The molecule has 0 unspecified atom stereocenters. The van der Waals surface area contributed by atoms with Crippen LogP contribution in [0.5, 0.6) is 0 Å². The van der Waals surface area contributed by atoms with E-state index in [2.05, 4.69) is 5.32 Å². The molecule has 0 saturated heterocycles. The van der Waals surface area contributed by atoms with Crippen LogP contribution in [0.25, 0.3) is 0 Å². The smallest absolute Gasteiger partial charge is 0.264 e. The highest BCUT2D eigenvalue weighted by Crippen LogP contribution is 2.24. The van der Waals surface area contributed by atoms with E-state index in [0.717, 1.165) is 21.9 Å². The van der Waals surface area contributed by atoms with Gasteiger partial charge in [-0.1, -0.05) is 80.1 Å². The van der Waals surface area contributed by atoms with Gasteiger partial charge in [-0.05, 0) is 56.5 Å². The Balaban J connectivity index is 2.01. The number of rotatable bonds is 12. The predicted molar refractivity (Wildman–Crippen MR) is 151 cm³/mol. The summed E-state index contributed by atoms with van der Waals surface area (Å²) < 4.78 is 28.6. The lowest BCUT2D eigenvalue weighted by atomic mass is 10.1. The molecular formula is C30H37N3O4S. The topological polar surface area (TPSA) is 86.8 Å². The van der Waals surface area contributed by atoms with Crippen LogP contribution in [-0.4, -0.2) is 43.8 Å². The van der Waals surface area contributed by atoms with Gasteiger partial charge in [0.25, 0.3) is 10.0 Å². The minimum atomic E-state index is -4.05. The molecule has 0 saturated carbocycles. The molecule has 3 aromatic carbocycles. The highest BCUT2D eigenvalue weighted by molar-refractivity contribution is 7.92. The largest absolute Gasteiger partial charge is 0.352 e. The number of aryl methyl sites for hydroxylation is 1.